The molecule has 2 atom stereocenters. The van der Waals surface area contributed by atoms with Gasteiger partial charge in [0.2, 0.25) is 5.95 Å². The number of aromatic nitrogens is 2. The first kappa shape index (κ1) is 11.8. The Hall–Kier alpha value is -0.700. The lowest BCUT2D eigenvalue weighted by Crippen LogP contribution is -2.28. The maximum absolute atomic E-state index is 6.02. The second-order valence-electron chi connectivity index (χ2n) is 4.70. The molecular weight excluding hydrogens is 222 g/mol. The van der Waals surface area contributed by atoms with E-state index in [1.54, 1.807) is 0 Å². The molecule has 1 aliphatic rings. The molecule has 4 heteroatoms. The van der Waals surface area contributed by atoms with Crippen molar-refractivity contribution in [2.45, 2.75) is 25.7 Å². The first-order valence-electron chi connectivity index (χ1n) is 6.08. The molecule has 2 unspecified atom stereocenters. The summed E-state index contributed by atoms with van der Waals surface area (Å²) in [5.41, 5.74) is 0. The lowest BCUT2D eigenvalue weighted by Gasteiger charge is -2.30. The normalized spacial score (nSPS) is 25.6. The number of imidazole rings is 1. The molecule has 2 rings (SSSR count). The highest BCUT2D eigenvalue weighted by Crippen LogP contribution is 2.30. The van der Waals surface area contributed by atoms with Crippen molar-refractivity contribution in [3.63, 3.8) is 0 Å². The van der Waals surface area contributed by atoms with E-state index < -0.39 is 0 Å². The second kappa shape index (κ2) is 5.58. The summed E-state index contributed by atoms with van der Waals surface area (Å²) in [6.45, 7) is 1.00. The SMILES string of the molecule is Cn1ccnc1NCC1CCCCC1CCl. The van der Waals surface area contributed by atoms with E-state index in [1.165, 1.54) is 25.7 Å². The maximum Gasteiger partial charge on any atom is 0.202 e. The number of halogens is 1. The number of anilines is 1. The fourth-order valence-electron chi connectivity index (χ4n) is 2.51. The van der Waals surface area contributed by atoms with Crippen molar-refractivity contribution in [1.29, 1.82) is 0 Å². The van der Waals surface area contributed by atoms with E-state index in [4.69, 9.17) is 11.6 Å². The highest BCUT2D eigenvalue weighted by molar-refractivity contribution is 6.18. The van der Waals surface area contributed by atoms with Crippen molar-refractivity contribution in [3.05, 3.63) is 12.4 Å². The molecule has 1 aromatic heterocycles. The van der Waals surface area contributed by atoms with Crippen molar-refractivity contribution in [3.8, 4) is 0 Å². The van der Waals surface area contributed by atoms with Gasteiger partial charge in [0.1, 0.15) is 0 Å². The fourth-order valence-corrected chi connectivity index (χ4v) is 2.92. The predicted octanol–water partition coefficient (Wildman–Crippen LogP) is 2.88. The molecule has 1 aromatic rings. The van der Waals surface area contributed by atoms with Crippen molar-refractivity contribution in [1.82, 2.24) is 9.55 Å². The molecule has 1 saturated carbocycles. The van der Waals surface area contributed by atoms with Gasteiger partial charge in [-0.1, -0.05) is 12.8 Å². The topological polar surface area (TPSA) is 29.9 Å². The van der Waals surface area contributed by atoms with E-state index in [-0.39, 0.29) is 0 Å². The zero-order chi connectivity index (χ0) is 11.4. The minimum Gasteiger partial charge on any atom is -0.355 e. The standard InChI is InChI=1S/C12H20ClN3/c1-16-7-6-14-12(16)15-9-11-5-3-2-4-10(11)8-13/h6-7,10-11H,2-5,8-9H2,1H3,(H,14,15). The molecule has 1 fully saturated rings. The van der Waals surface area contributed by atoms with Gasteiger partial charge in [-0.15, -0.1) is 11.6 Å². The van der Waals surface area contributed by atoms with Crippen LogP contribution in [0, 0.1) is 11.8 Å². The molecule has 16 heavy (non-hydrogen) atoms. The van der Waals surface area contributed by atoms with Gasteiger partial charge in [-0.2, -0.15) is 0 Å². The van der Waals surface area contributed by atoms with Gasteiger partial charge in [0, 0.05) is 31.9 Å². The van der Waals surface area contributed by atoms with Gasteiger partial charge in [0.05, 0.1) is 0 Å². The summed E-state index contributed by atoms with van der Waals surface area (Å²) in [6, 6.07) is 0. The average molecular weight is 242 g/mol. The fraction of sp³-hybridized carbons (Fsp3) is 0.750. The van der Waals surface area contributed by atoms with E-state index in [2.05, 4.69) is 10.3 Å². The molecule has 0 amide bonds. The van der Waals surface area contributed by atoms with Crippen molar-refractivity contribution in [2.24, 2.45) is 18.9 Å². The lowest BCUT2D eigenvalue weighted by molar-refractivity contribution is 0.271. The summed E-state index contributed by atoms with van der Waals surface area (Å²) >= 11 is 6.02. The highest BCUT2D eigenvalue weighted by Gasteiger charge is 2.24. The molecule has 1 aliphatic carbocycles. The Kier molecular flexibility index (Phi) is 4.10. The highest BCUT2D eigenvalue weighted by atomic mass is 35.5. The van der Waals surface area contributed by atoms with Gasteiger partial charge in [-0.25, -0.2) is 4.98 Å². The van der Waals surface area contributed by atoms with Gasteiger partial charge in [0.25, 0.3) is 0 Å². The van der Waals surface area contributed by atoms with E-state index in [0.717, 1.165) is 18.4 Å². The predicted molar refractivity (Wildman–Crippen MR) is 67.9 cm³/mol. The molecule has 3 nitrogen and oxygen atoms in total. The largest absolute Gasteiger partial charge is 0.355 e. The zero-order valence-corrected chi connectivity index (χ0v) is 10.6. The maximum atomic E-state index is 6.02. The van der Waals surface area contributed by atoms with E-state index in [1.807, 2.05) is 24.0 Å². The van der Waals surface area contributed by atoms with Crippen LogP contribution in [0.2, 0.25) is 0 Å². The summed E-state index contributed by atoms with van der Waals surface area (Å²) in [7, 11) is 2.01. The summed E-state index contributed by atoms with van der Waals surface area (Å²) in [5.74, 6) is 3.15. The summed E-state index contributed by atoms with van der Waals surface area (Å²) < 4.78 is 2.01. The van der Waals surface area contributed by atoms with Crippen LogP contribution < -0.4 is 5.32 Å². The van der Waals surface area contributed by atoms with Crippen LogP contribution in [0.4, 0.5) is 5.95 Å². The minimum absolute atomic E-state index is 0.684. The molecule has 1 N–H and O–H groups in total. The molecule has 0 aliphatic heterocycles. The third kappa shape index (κ3) is 2.70. The van der Waals surface area contributed by atoms with Crippen LogP contribution in [0.1, 0.15) is 25.7 Å². The Morgan fingerprint density at radius 1 is 1.44 bits per heavy atom. The van der Waals surface area contributed by atoms with Gasteiger partial charge < -0.3 is 9.88 Å². The Balaban J connectivity index is 1.86. The summed E-state index contributed by atoms with van der Waals surface area (Å²) in [4.78, 5) is 4.27. The van der Waals surface area contributed by atoms with Gasteiger partial charge in [-0.3, -0.25) is 0 Å². The van der Waals surface area contributed by atoms with E-state index >= 15 is 0 Å². The summed E-state index contributed by atoms with van der Waals surface area (Å²) in [5, 5.41) is 3.42. The van der Waals surface area contributed by atoms with Crippen LogP contribution in [-0.2, 0) is 7.05 Å². The molecule has 0 bridgehead atoms. The number of hydrogen-bond donors (Lipinski definition) is 1. The third-order valence-electron chi connectivity index (χ3n) is 3.61. The smallest absolute Gasteiger partial charge is 0.202 e. The van der Waals surface area contributed by atoms with Crippen LogP contribution in [0.15, 0.2) is 12.4 Å². The Morgan fingerprint density at radius 3 is 2.81 bits per heavy atom. The van der Waals surface area contributed by atoms with Crippen LogP contribution in [0.5, 0.6) is 0 Å². The van der Waals surface area contributed by atoms with Crippen LogP contribution >= 0.6 is 11.6 Å². The van der Waals surface area contributed by atoms with E-state index in [9.17, 15) is 0 Å². The first-order valence-corrected chi connectivity index (χ1v) is 6.62. The molecule has 0 radical (unpaired) electrons. The third-order valence-corrected chi connectivity index (χ3v) is 4.00. The molecule has 90 valence electrons. The van der Waals surface area contributed by atoms with Gasteiger partial charge in [-0.05, 0) is 24.7 Å². The molecule has 0 spiro atoms. The molecule has 0 saturated heterocycles. The van der Waals surface area contributed by atoms with Crippen LogP contribution in [-0.4, -0.2) is 22.0 Å². The number of aryl methyl sites for hydroxylation is 1. The first-order chi connectivity index (χ1) is 7.81. The number of nitrogens with zero attached hydrogens (tertiary/aromatic N) is 2. The van der Waals surface area contributed by atoms with Crippen LogP contribution in [0.3, 0.4) is 0 Å². The lowest BCUT2D eigenvalue weighted by atomic mass is 9.80. The minimum atomic E-state index is 0.684. The molecule has 0 aromatic carbocycles. The Labute approximate surface area is 102 Å². The molecule has 1 heterocycles. The summed E-state index contributed by atoms with van der Waals surface area (Å²) in [6.07, 6.45) is 9.06. The second-order valence-corrected chi connectivity index (χ2v) is 5.01. The van der Waals surface area contributed by atoms with Crippen molar-refractivity contribution < 1.29 is 0 Å². The van der Waals surface area contributed by atoms with Crippen LogP contribution in [0.25, 0.3) is 0 Å². The Morgan fingerprint density at radius 2 is 2.19 bits per heavy atom. The number of rotatable bonds is 4. The number of alkyl halides is 1. The number of hydrogen-bond acceptors (Lipinski definition) is 2. The van der Waals surface area contributed by atoms with Gasteiger partial charge >= 0.3 is 0 Å². The quantitative estimate of drug-likeness (QED) is 0.822. The van der Waals surface area contributed by atoms with Gasteiger partial charge in [0.15, 0.2) is 0 Å². The van der Waals surface area contributed by atoms with Crippen molar-refractivity contribution >= 4 is 17.5 Å². The van der Waals surface area contributed by atoms with E-state index in [0.29, 0.717) is 11.8 Å². The molecular formula is C12H20ClN3. The average Bonchev–Trinajstić information content (AvgIpc) is 2.72. The monoisotopic (exact) mass is 241 g/mol. The number of nitrogens with one attached hydrogen (secondary N) is 1. The Bertz CT molecular complexity index is 324. The van der Waals surface area contributed by atoms with Crippen molar-refractivity contribution in [2.75, 3.05) is 17.7 Å². The zero-order valence-electron chi connectivity index (χ0n) is 9.82.